The van der Waals surface area contributed by atoms with Crippen LogP contribution in [0, 0.1) is 16.0 Å². The Morgan fingerprint density at radius 1 is 1.38 bits per heavy atom. The topological polar surface area (TPSA) is 98.5 Å². The van der Waals surface area contributed by atoms with Gasteiger partial charge in [0.2, 0.25) is 10.0 Å². The van der Waals surface area contributed by atoms with Crippen molar-refractivity contribution in [2.75, 3.05) is 7.11 Å². The number of hydrogen-bond acceptors (Lipinski definition) is 5. The molecule has 1 aromatic rings. The highest BCUT2D eigenvalue weighted by Crippen LogP contribution is 2.30. The summed E-state index contributed by atoms with van der Waals surface area (Å²) in [5.74, 6) is 0.573. The standard InChI is InChI=1S/C13H18N2O5S/c1-9-3-4-10(7-9)14-21(18,19)13-8-11(15(16)17)5-6-12(13)20-2/h5-6,8-10,14H,3-4,7H2,1-2H3. The summed E-state index contributed by atoms with van der Waals surface area (Å²) in [4.78, 5) is 9.99. The maximum Gasteiger partial charge on any atom is 0.271 e. The van der Waals surface area contributed by atoms with Gasteiger partial charge in [-0.2, -0.15) is 0 Å². The summed E-state index contributed by atoms with van der Waals surface area (Å²) < 4.78 is 32.5. The van der Waals surface area contributed by atoms with E-state index in [1.165, 1.54) is 19.2 Å². The van der Waals surface area contributed by atoms with Crippen LogP contribution in [0.1, 0.15) is 26.2 Å². The Morgan fingerprint density at radius 2 is 2.10 bits per heavy atom. The van der Waals surface area contributed by atoms with Crippen molar-refractivity contribution in [1.29, 1.82) is 0 Å². The maximum atomic E-state index is 12.4. The van der Waals surface area contributed by atoms with Crippen LogP contribution in [0.3, 0.4) is 0 Å². The second-order valence-electron chi connectivity index (χ2n) is 5.33. The van der Waals surface area contributed by atoms with Crippen LogP contribution >= 0.6 is 0 Å². The zero-order valence-corrected chi connectivity index (χ0v) is 12.7. The molecule has 0 aliphatic heterocycles. The summed E-state index contributed by atoms with van der Waals surface area (Å²) in [7, 11) is -2.51. The van der Waals surface area contributed by atoms with E-state index >= 15 is 0 Å². The molecule has 0 heterocycles. The van der Waals surface area contributed by atoms with Crippen LogP contribution in [-0.4, -0.2) is 26.5 Å². The minimum atomic E-state index is -3.85. The van der Waals surface area contributed by atoms with Gasteiger partial charge in [-0.1, -0.05) is 6.92 Å². The van der Waals surface area contributed by atoms with Crippen LogP contribution in [0.15, 0.2) is 23.1 Å². The molecule has 0 spiro atoms. The van der Waals surface area contributed by atoms with Crippen molar-refractivity contribution in [2.45, 2.75) is 37.1 Å². The Balaban J connectivity index is 2.33. The summed E-state index contributed by atoms with van der Waals surface area (Å²) in [5.41, 5.74) is -0.282. The van der Waals surface area contributed by atoms with Gasteiger partial charge >= 0.3 is 0 Å². The molecule has 7 nitrogen and oxygen atoms in total. The first-order chi connectivity index (χ1) is 9.83. The molecule has 1 aliphatic rings. The second kappa shape index (κ2) is 5.98. The maximum absolute atomic E-state index is 12.4. The second-order valence-corrected chi connectivity index (χ2v) is 7.01. The van der Waals surface area contributed by atoms with E-state index in [4.69, 9.17) is 4.74 Å². The van der Waals surface area contributed by atoms with Crippen molar-refractivity contribution in [2.24, 2.45) is 5.92 Å². The molecule has 0 aromatic heterocycles. The molecule has 1 aliphatic carbocycles. The minimum absolute atomic E-state index is 0.0964. The fourth-order valence-corrected chi connectivity index (χ4v) is 4.06. The highest BCUT2D eigenvalue weighted by atomic mass is 32.2. The lowest BCUT2D eigenvalue weighted by atomic mass is 10.1. The Labute approximate surface area is 123 Å². The first-order valence-corrected chi connectivity index (χ1v) is 8.16. The fraction of sp³-hybridized carbons (Fsp3) is 0.538. The molecular weight excluding hydrogens is 296 g/mol. The highest BCUT2D eigenvalue weighted by Gasteiger charge is 2.29. The smallest absolute Gasteiger partial charge is 0.271 e. The van der Waals surface area contributed by atoms with Crippen molar-refractivity contribution in [3.63, 3.8) is 0 Å². The number of hydrogen-bond donors (Lipinski definition) is 1. The molecule has 1 aromatic carbocycles. The molecule has 1 fully saturated rings. The minimum Gasteiger partial charge on any atom is -0.495 e. The summed E-state index contributed by atoms with van der Waals surface area (Å²) in [6.45, 7) is 2.07. The van der Waals surface area contributed by atoms with E-state index in [0.717, 1.165) is 25.3 Å². The Bertz CT molecular complexity index is 644. The molecule has 1 saturated carbocycles. The molecule has 0 radical (unpaired) electrons. The molecule has 116 valence electrons. The summed E-state index contributed by atoms with van der Waals surface area (Å²) in [6, 6.07) is 3.41. The summed E-state index contributed by atoms with van der Waals surface area (Å²) >= 11 is 0. The zero-order valence-electron chi connectivity index (χ0n) is 11.9. The predicted molar refractivity (Wildman–Crippen MR) is 76.8 cm³/mol. The van der Waals surface area contributed by atoms with E-state index in [0.29, 0.717) is 5.92 Å². The number of non-ortho nitro benzene ring substituents is 1. The average Bonchev–Trinajstić information content (AvgIpc) is 2.82. The lowest BCUT2D eigenvalue weighted by Gasteiger charge is -2.15. The molecule has 2 atom stereocenters. The Morgan fingerprint density at radius 3 is 2.62 bits per heavy atom. The van der Waals surface area contributed by atoms with Gasteiger partial charge in [0.25, 0.3) is 5.69 Å². The van der Waals surface area contributed by atoms with Crippen LogP contribution in [0.5, 0.6) is 5.75 Å². The molecule has 21 heavy (non-hydrogen) atoms. The first kappa shape index (κ1) is 15.7. The van der Waals surface area contributed by atoms with Crippen LogP contribution < -0.4 is 9.46 Å². The van der Waals surface area contributed by atoms with Crippen LogP contribution in [0.4, 0.5) is 5.69 Å². The highest BCUT2D eigenvalue weighted by molar-refractivity contribution is 7.89. The lowest BCUT2D eigenvalue weighted by molar-refractivity contribution is -0.385. The van der Waals surface area contributed by atoms with Crippen molar-refractivity contribution >= 4 is 15.7 Å². The molecule has 2 rings (SSSR count). The van der Waals surface area contributed by atoms with Gasteiger partial charge in [-0.3, -0.25) is 10.1 Å². The number of ether oxygens (including phenoxy) is 1. The molecular formula is C13H18N2O5S. The van der Waals surface area contributed by atoms with Gasteiger partial charge in [-0.05, 0) is 31.2 Å². The third-order valence-corrected chi connectivity index (χ3v) is 5.21. The molecule has 0 amide bonds. The zero-order chi connectivity index (χ0) is 15.6. The van der Waals surface area contributed by atoms with E-state index < -0.39 is 14.9 Å². The van der Waals surface area contributed by atoms with E-state index in [9.17, 15) is 18.5 Å². The third kappa shape index (κ3) is 3.51. The summed E-state index contributed by atoms with van der Waals surface area (Å²) in [6.07, 6.45) is 2.52. The van der Waals surface area contributed by atoms with Gasteiger partial charge < -0.3 is 4.74 Å². The van der Waals surface area contributed by atoms with Crippen LogP contribution in [-0.2, 0) is 10.0 Å². The Hall–Kier alpha value is -1.67. The van der Waals surface area contributed by atoms with E-state index in [-0.39, 0.29) is 22.4 Å². The van der Waals surface area contributed by atoms with Gasteiger partial charge in [0, 0.05) is 18.2 Å². The number of nitrogens with zero attached hydrogens (tertiary/aromatic N) is 1. The number of nitro groups is 1. The average molecular weight is 314 g/mol. The SMILES string of the molecule is COc1ccc([N+](=O)[O-])cc1S(=O)(=O)NC1CCC(C)C1. The van der Waals surface area contributed by atoms with Crippen molar-refractivity contribution in [1.82, 2.24) is 4.72 Å². The molecule has 1 N–H and O–H groups in total. The van der Waals surface area contributed by atoms with Crippen molar-refractivity contribution in [3.8, 4) is 5.75 Å². The predicted octanol–water partition coefficient (Wildman–Crippen LogP) is 2.07. The quantitative estimate of drug-likeness (QED) is 0.662. The van der Waals surface area contributed by atoms with Crippen LogP contribution in [0.2, 0.25) is 0 Å². The van der Waals surface area contributed by atoms with Crippen molar-refractivity contribution < 1.29 is 18.1 Å². The normalized spacial score (nSPS) is 22.2. The van der Waals surface area contributed by atoms with Gasteiger partial charge in [-0.15, -0.1) is 0 Å². The number of benzene rings is 1. The van der Waals surface area contributed by atoms with E-state index in [1.54, 1.807) is 0 Å². The van der Waals surface area contributed by atoms with Gasteiger partial charge in [0.15, 0.2) is 0 Å². The fourth-order valence-electron chi connectivity index (χ4n) is 2.59. The number of sulfonamides is 1. The number of nitro benzene ring substituents is 1. The molecule has 2 unspecified atom stereocenters. The monoisotopic (exact) mass is 314 g/mol. The van der Waals surface area contributed by atoms with E-state index in [2.05, 4.69) is 11.6 Å². The molecule has 8 heteroatoms. The van der Waals surface area contributed by atoms with Gasteiger partial charge in [0.05, 0.1) is 12.0 Å². The molecule has 0 saturated heterocycles. The van der Waals surface area contributed by atoms with E-state index in [1.807, 2.05) is 0 Å². The van der Waals surface area contributed by atoms with Crippen LogP contribution in [0.25, 0.3) is 0 Å². The first-order valence-electron chi connectivity index (χ1n) is 6.68. The van der Waals surface area contributed by atoms with Gasteiger partial charge in [0.1, 0.15) is 10.6 Å². The third-order valence-electron chi connectivity index (χ3n) is 3.66. The summed E-state index contributed by atoms with van der Waals surface area (Å²) in [5, 5.41) is 10.8. The largest absolute Gasteiger partial charge is 0.495 e. The molecule has 0 bridgehead atoms. The van der Waals surface area contributed by atoms with Gasteiger partial charge in [-0.25, -0.2) is 13.1 Å². The Kier molecular flexibility index (Phi) is 4.48. The number of rotatable bonds is 5. The number of nitrogens with one attached hydrogen (secondary N) is 1. The lowest BCUT2D eigenvalue weighted by Crippen LogP contribution is -2.33. The number of methoxy groups -OCH3 is 1. The van der Waals surface area contributed by atoms with Crippen molar-refractivity contribution in [3.05, 3.63) is 28.3 Å².